The molecule has 0 aliphatic heterocycles. The third-order valence-electron chi connectivity index (χ3n) is 1.03. The summed E-state index contributed by atoms with van der Waals surface area (Å²) in [5.74, 6) is 0.408. The van der Waals surface area contributed by atoms with E-state index in [1.54, 1.807) is 0 Å². The van der Waals surface area contributed by atoms with Crippen molar-refractivity contribution in [2.24, 2.45) is 5.14 Å². The molecule has 5 N–H and O–H groups in total. The molecule has 1 heterocycles. The SMILES string of the molecule is NS(=O)(=O)[O-].Nc1ccc([N+](=O)[O-])c[nH+]1. The van der Waals surface area contributed by atoms with Crippen LogP contribution in [0.25, 0.3) is 0 Å². The number of hydrogen-bond acceptors (Lipinski definition) is 6. The molecule has 0 atom stereocenters. The maximum Gasteiger partial charge on any atom is 0.308 e. The Kier molecular flexibility index (Phi) is 4.57. The zero-order valence-electron chi connectivity index (χ0n) is 7.28. The third kappa shape index (κ3) is 8.55. The van der Waals surface area contributed by atoms with E-state index in [0.717, 1.165) is 0 Å². The van der Waals surface area contributed by atoms with E-state index in [1.165, 1.54) is 18.3 Å². The first-order chi connectivity index (χ1) is 6.70. The molecule has 0 fully saturated rings. The smallest absolute Gasteiger partial charge is 0.308 e. The number of aromatic nitrogens is 1. The van der Waals surface area contributed by atoms with Gasteiger partial charge in [-0.2, -0.15) is 0 Å². The monoisotopic (exact) mass is 236 g/mol. The van der Waals surface area contributed by atoms with Crippen LogP contribution in [-0.4, -0.2) is 17.9 Å². The largest absolute Gasteiger partial charge is 0.736 e. The summed E-state index contributed by atoms with van der Waals surface area (Å²) >= 11 is 0. The number of nitrogens with one attached hydrogen (secondary N) is 1. The molecule has 0 saturated heterocycles. The van der Waals surface area contributed by atoms with Gasteiger partial charge in [0.25, 0.3) is 5.82 Å². The lowest BCUT2D eigenvalue weighted by atomic mass is 10.4. The molecule has 1 aromatic heterocycles. The molecule has 0 aliphatic rings. The summed E-state index contributed by atoms with van der Waals surface area (Å²) in [6.07, 6.45) is 1.25. The third-order valence-corrected chi connectivity index (χ3v) is 1.03. The van der Waals surface area contributed by atoms with Gasteiger partial charge in [0.15, 0.2) is 16.5 Å². The Labute approximate surface area is 84.8 Å². The van der Waals surface area contributed by atoms with Crippen molar-refractivity contribution in [1.29, 1.82) is 0 Å². The van der Waals surface area contributed by atoms with E-state index in [4.69, 9.17) is 18.7 Å². The molecule has 0 amide bonds. The fourth-order valence-corrected chi connectivity index (χ4v) is 0.542. The average Bonchev–Trinajstić information content (AvgIpc) is 2.01. The second kappa shape index (κ2) is 5.19. The summed E-state index contributed by atoms with van der Waals surface area (Å²) in [5.41, 5.74) is 5.26. The number of rotatable bonds is 1. The van der Waals surface area contributed by atoms with Gasteiger partial charge in [0.1, 0.15) is 0 Å². The van der Waals surface area contributed by atoms with Crippen molar-refractivity contribution in [3.8, 4) is 0 Å². The Morgan fingerprint density at radius 2 is 1.87 bits per heavy atom. The Bertz CT molecular complexity index is 419. The van der Waals surface area contributed by atoms with E-state index in [0.29, 0.717) is 5.82 Å². The first-order valence-corrected chi connectivity index (χ1v) is 4.82. The van der Waals surface area contributed by atoms with Crippen molar-refractivity contribution in [2.45, 2.75) is 0 Å². The fourth-order valence-electron chi connectivity index (χ4n) is 0.542. The summed E-state index contributed by atoms with van der Waals surface area (Å²) in [6, 6.07) is 2.78. The van der Waals surface area contributed by atoms with Crippen LogP contribution in [0.4, 0.5) is 11.5 Å². The molecule has 0 aromatic carbocycles. The van der Waals surface area contributed by atoms with Crippen molar-refractivity contribution in [3.63, 3.8) is 0 Å². The minimum absolute atomic E-state index is 0.00852. The molecular weight excluding hydrogens is 228 g/mol. The van der Waals surface area contributed by atoms with Crippen LogP contribution in [0.2, 0.25) is 0 Å². The number of hydrogen-bond donors (Lipinski definition) is 2. The second-order valence-electron chi connectivity index (χ2n) is 2.25. The highest BCUT2D eigenvalue weighted by Crippen LogP contribution is 2.05. The van der Waals surface area contributed by atoms with Crippen molar-refractivity contribution >= 4 is 21.8 Å². The summed E-state index contributed by atoms with van der Waals surface area (Å²) in [4.78, 5) is 12.1. The molecule has 0 bridgehead atoms. The Balaban J connectivity index is 0.000000336. The number of nitrogens with two attached hydrogens (primary N) is 2. The number of anilines is 1. The van der Waals surface area contributed by atoms with Gasteiger partial charge in [0, 0.05) is 12.1 Å². The molecule has 1 rings (SSSR count). The first kappa shape index (κ1) is 13.2. The van der Waals surface area contributed by atoms with Crippen LogP contribution >= 0.6 is 0 Å². The van der Waals surface area contributed by atoms with Gasteiger partial charge >= 0.3 is 5.69 Å². The highest BCUT2D eigenvalue weighted by atomic mass is 32.2. The van der Waals surface area contributed by atoms with Gasteiger partial charge in [0.05, 0.1) is 4.92 Å². The van der Waals surface area contributed by atoms with Crippen LogP contribution in [0.15, 0.2) is 18.3 Å². The number of pyridine rings is 1. The summed E-state index contributed by atoms with van der Waals surface area (Å²) in [7, 11) is -4.42. The summed E-state index contributed by atoms with van der Waals surface area (Å²) in [5, 5.41) is 13.8. The van der Waals surface area contributed by atoms with E-state index >= 15 is 0 Å². The lowest BCUT2D eigenvalue weighted by Gasteiger charge is -1.90. The second-order valence-corrected chi connectivity index (χ2v) is 3.24. The van der Waals surface area contributed by atoms with Gasteiger partial charge in [-0.25, -0.2) is 18.5 Å². The number of nitrogens with zero attached hydrogens (tertiary/aromatic N) is 1. The van der Waals surface area contributed by atoms with E-state index in [1.807, 2.05) is 0 Å². The standard InChI is InChI=1S/C5H5N3O2.H3NO3S/c6-5-2-1-4(3-7-5)8(9)10;1-5(2,3)4/h1-3H,(H2,6,7);(H3,1,2,3,4). The molecule has 9 nitrogen and oxygen atoms in total. The minimum atomic E-state index is -4.42. The Morgan fingerprint density at radius 1 is 1.40 bits per heavy atom. The highest BCUT2D eigenvalue weighted by molar-refractivity contribution is 7.83. The molecule has 0 spiro atoms. The van der Waals surface area contributed by atoms with Gasteiger partial charge in [-0.1, -0.05) is 0 Å². The van der Waals surface area contributed by atoms with Crippen LogP contribution in [0.3, 0.4) is 0 Å². The lowest BCUT2D eigenvalue weighted by molar-refractivity contribution is -0.413. The normalized spacial score (nSPS) is 10.0. The van der Waals surface area contributed by atoms with E-state index in [2.05, 4.69) is 10.1 Å². The van der Waals surface area contributed by atoms with Gasteiger partial charge in [-0.05, 0) is 0 Å². The summed E-state index contributed by atoms with van der Waals surface area (Å²) in [6.45, 7) is 0. The zero-order chi connectivity index (χ0) is 12.1. The van der Waals surface area contributed by atoms with Crippen LogP contribution < -0.4 is 15.9 Å². The van der Waals surface area contributed by atoms with Gasteiger partial charge < -0.3 is 4.55 Å². The van der Waals surface area contributed by atoms with Crippen LogP contribution in [0, 0.1) is 10.1 Å². The molecule has 15 heavy (non-hydrogen) atoms. The molecule has 84 valence electrons. The molecule has 0 radical (unpaired) electrons. The van der Waals surface area contributed by atoms with Crippen molar-refractivity contribution in [1.82, 2.24) is 0 Å². The number of aromatic amines is 1. The first-order valence-electron chi connectivity index (χ1n) is 3.35. The maximum absolute atomic E-state index is 10.1. The Hall–Kier alpha value is -1.78. The van der Waals surface area contributed by atoms with Crippen molar-refractivity contribution in [2.75, 3.05) is 5.73 Å². The molecule has 1 aromatic rings. The highest BCUT2D eigenvalue weighted by Gasteiger charge is 2.05. The summed E-state index contributed by atoms with van der Waals surface area (Å²) < 4.78 is 26.6. The predicted octanol–water partition coefficient (Wildman–Crippen LogP) is -1.60. The fraction of sp³-hybridized carbons (Fsp3) is 0. The average molecular weight is 236 g/mol. The number of nitro groups is 1. The topological polar surface area (TPSA) is 167 Å². The molecule has 0 saturated carbocycles. The van der Waals surface area contributed by atoms with Crippen molar-refractivity contribution in [3.05, 3.63) is 28.4 Å². The lowest BCUT2D eigenvalue weighted by Crippen LogP contribution is -2.09. The Morgan fingerprint density at radius 3 is 2.13 bits per heavy atom. The minimum Gasteiger partial charge on any atom is -0.736 e. The van der Waals surface area contributed by atoms with Crippen LogP contribution in [-0.2, 0) is 10.3 Å². The van der Waals surface area contributed by atoms with E-state index < -0.39 is 15.2 Å². The van der Waals surface area contributed by atoms with Crippen molar-refractivity contribution < 1.29 is 22.9 Å². The quantitative estimate of drug-likeness (QED) is 0.338. The van der Waals surface area contributed by atoms with Gasteiger partial charge in [-0.3, -0.25) is 15.8 Å². The van der Waals surface area contributed by atoms with E-state index in [9.17, 15) is 10.1 Å². The molecule has 0 aliphatic carbocycles. The zero-order valence-corrected chi connectivity index (χ0v) is 8.10. The van der Waals surface area contributed by atoms with E-state index in [-0.39, 0.29) is 5.69 Å². The molecular formula is C5H8N4O5S. The maximum atomic E-state index is 10.1. The molecule has 10 heteroatoms. The van der Waals surface area contributed by atoms with Gasteiger partial charge in [0.2, 0.25) is 0 Å². The number of H-pyrrole nitrogens is 1. The molecule has 0 unspecified atom stereocenters. The number of nitrogen functional groups attached to an aromatic ring is 1. The van der Waals surface area contributed by atoms with Crippen LogP contribution in [0.1, 0.15) is 0 Å². The predicted molar refractivity (Wildman–Crippen MR) is 47.9 cm³/mol. The van der Waals surface area contributed by atoms with Crippen LogP contribution in [0.5, 0.6) is 0 Å². The van der Waals surface area contributed by atoms with Gasteiger partial charge in [-0.15, -0.1) is 0 Å².